The minimum absolute atomic E-state index is 0.148. The average molecular weight is 173 g/mol. The number of ketones is 1. The highest BCUT2D eigenvalue weighted by atomic mass is 16.1. The minimum atomic E-state index is 0.148. The van der Waals surface area contributed by atoms with Gasteiger partial charge in [-0.3, -0.25) is 4.79 Å². The van der Waals surface area contributed by atoms with Crippen molar-refractivity contribution >= 4 is 11.5 Å². The first kappa shape index (κ1) is 9.47. The van der Waals surface area contributed by atoms with Crippen LogP contribution in [0.5, 0.6) is 0 Å². The molecule has 2 heteroatoms. The highest BCUT2D eigenvalue weighted by Gasteiger charge is 2.01. The monoisotopic (exact) mass is 173 g/mol. The van der Waals surface area contributed by atoms with Crippen LogP contribution in [0.4, 0.5) is 5.69 Å². The fourth-order valence-corrected chi connectivity index (χ4v) is 1.24. The van der Waals surface area contributed by atoms with Crippen LogP contribution in [0.15, 0.2) is 18.2 Å². The third kappa shape index (κ3) is 2.41. The van der Waals surface area contributed by atoms with Crippen molar-refractivity contribution in [1.29, 1.82) is 0 Å². The summed E-state index contributed by atoms with van der Waals surface area (Å²) in [6.45, 7) is 10.3. The van der Waals surface area contributed by atoms with Gasteiger partial charge in [-0.2, -0.15) is 0 Å². The van der Waals surface area contributed by atoms with E-state index in [0.29, 0.717) is 12.1 Å². The van der Waals surface area contributed by atoms with Gasteiger partial charge in [-0.1, -0.05) is 18.2 Å². The van der Waals surface area contributed by atoms with E-state index in [4.69, 9.17) is 6.57 Å². The van der Waals surface area contributed by atoms with Crippen molar-refractivity contribution in [2.75, 3.05) is 0 Å². The van der Waals surface area contributed by atoms with Crippen LogP contribution in [-0.4, -0.2) is 5.78 Å². The summed E-state index contributed by atoms with van der Waals surface area (Å²) in [5, 5.41) is 0. The number of rotatable bonds is 2. The predicted molar refractivity (Wildman–Crippen MR) is 51.8 cm³/mol. The molecule has 0 unspecified atom stereocenters. The Labute approximate surface area is 78.0 Å². The van der Waals surface area contributed by atoms with Gasteiger partial charge in [0.05, 0.1) is 6.57 Å². The Morgan fingerprint density at radius 3 is 2.69 bits per heavy atom. The molecule has 0 heterocycles. The van der Waals surface area contributed by atoms with Gasteiger partial charge in [0.2, 0.25) is 0 Å². The highest BCUT2D eigenvalue weighted by Crippen LogP contribution is 2.19. The van der Waals surface area contributed by atoms with E-state index in [1.807, 2.05) is 19.1 Å². The number of carbonyl (C=O) groups is 1. The molecule has 0 aliphatic carbocycles. The summed E-state index contributed by atoms with van der Waals surface area (Å²) < 4.78 is 0. The van der Waals surface area contributed by atoms with Gasteiger partial charge in [-0.05, 0) is 25.0 Å². The number of nitrogens with zero attached hydrogens (tertiary/aromatic N) is 1. The van der Waals surface area contributed by atoms with Crippen LogP contribution in [0.2, 0.25) is 0 Å². The van der Waals surface area contributed by atoms with Crippen LogP contribution in [0.25, 0.3) is 4.85 Å². The molecule has 1 aromatic rings. The Morgan fingerprint density at radius 2 is 2.23 bits per heavy atom. The van der Waals surface area contributed by atoms with Gasteiger partial charge in [0.15, 0.2) is 5.69 Å². The number of Topliss-reactive ketones (excluding diaryl/α,β-unsaturated/α-hetero) is 1. The maximum Gasteiger partial charge on any atom is 0.190 e. The molecule has 66 valence electrons. The molecule has 0 bridgehead atoms. The fourth-order valence-electron chi connectivity index (χ4n) is 1.24. The molecule has 0 aliphatic heterocycles. The van der Waals surface area contributed by atoms with Crippen molar-refractivity contribution in [2.24, 2.45) is 0 Å². The lowest BCUT2D eigenvalue weighted by molar-refractivity contribution is -0.116. The van der Waals surface area contributed by atoms with Gasteiger partial charge < -0.3 is 0 Å². The fraction of sp³-hybridized carbons (Fsp3) is 0.273. The molecule has 1 aromatic carbocycles. The Morgan fingerprint density at radius 1 is 1.54 bits per heavy atom. The maximum absolute atomic E-state index is 10.8. The van der Waals surface area contributed by atoms with Gasteiger partial charge in [0, 0.05) is 6.42 Å². The molecule has 0 aliphatic rings. The Bertz CT molecular complexity index is 374. The first-order valence-corrected chi connectivity index (χ1v) is 4.10. The summed E-state index contributed by atoms with van der Waals surface area (Å²) >= 11 is 0. The van der Waals surface area contributed by atoms with Crippen molar-refractivity contribution in [1.82, 2.24) is 0 Å². The van der Waals surface area contributed by atoms with E-state index < -0.39 is 0 Å². The van der Waals surface area contributed by atoms with Crippen molar-refractivity contribution in [3.05, 3.63) is 40.7 Å². The van der Waals surface area contributed by atoms with Gasteiger partial charge in [0.25, 0.3) is 0 Å². The second-order valence-corrected chi connectivity index (χ2v) is 3.11. The lowest BCUT2D eigenvalue weighted by Gasteiger charge is -2.01. The van der Waals surface area contributed by atoms with Gasteiger partial charge in [0.1, 0.15) is 5.78 Å². The van der Waals surface area contributed by atoms with E-state index in [-0.39, 0.29) is 5.78 Å². The zero-order chi connectivity index (χ0) is 9.84. The second-order valence-electron chi connectivity index (χ2n) is 3.11. The summed E-state index contributed by atoms with van der Waals surface area (Å²) in [5.74, 6) is 0.148. The third-order valence-corrected chi connectivity index (χ3v) is 1.83. The molecule has 0 N–H and O–H groups in total. The summed E-state index contributed by atoms with van der Waals surface area (Å²) in [4.78, 5) is 14.2. The molecule has 1 rings (SSSR count). The molecule has 13 heavy (non-hydrogen) atoms. The average Bonchev–Trinajstić information content (AvgIpc) is 2.03. The summed E-state index contributed by atoms with van der Waals surface area (Å²) in [5.41, 5.74) is 2.58. The first-order chi connectivity index (χ1) is 6.13. The molecule has 2 nitrogen and oxygen atoms in total. The Balaban J connectivity index is 2.97. The number of aryl methyl sites for hydroxylation is 1. The smallest absolute Gasteiger partial charge is 0.190 e. The number of benzene rings is 1. The quantitative estimate of drug-likeness (QED) is 0.630. The van der Waals surface area contributed by atoms with Crippen LogP contribution < -0.4 is 0 Å². The first-order valence-electron chi connectivity index (χ1n) is 4.10. The van der Waals surface area contributed by atoms with E-state index >= 15 is 0 Å². The minimum Gasteiger partial charge on any atom is -0.300 e. The standard InChI is InChI=1S/C11H11NO/c1-8-6-10(7-9(2)13)4-5-11(8)12-3/h4-6H,7H2,1-2H3. The van der Waals surface area contributed by atoms with Gasteiger partial charge in [-0.15, -0.1) is 0 Å². The van der Waals surface area contributed by atoms with Crippen molar-refractivity contribution in [2.45, 2.75) is 20.3 Å². The number of hydrogen-bond donors (Lipinski definition) is 0. The SMILES string of the molecule is [C-]#[N+]c1ccc(CC(C)=O)cc1C. The molecule has 0 saturated heterocycles. The van der Waals surface area contributed by atoms with Crippen molar-refractivity contribution in [3.63, 3.8) is 0 Å². The molecular formula is C11H11NO. The molecule has 0 amide bonds. The zero-order valence-corrected chi connectivity index (χ0v) is 7.79. The van der Waals surface area contributed by atoms with E-state index in [2.05, 4.69) is 4.85 Å². The largest absolute Gasteiger partial charge is 0.300 e. The zero-order valence-electron chi connectivity index (χ0n) is 7.79. The molecule has 0 fully saturated rings. The lowest BCUT2D eigenvalue weighted by atomic mass is 10.1. The van der Waals surface area contributed by atoms with Gasteiger partial charge >= 0.3 is 0 Å². The van der Waals surface area contributed by atoms with Crippen molar-refractivity contribution < 1.29 is 4.79 Å². The van der Waals surface area contributed by atoms with Crippen LogP contribution in [0, 0.1) is 13.5 Å². The normalized spacial score (nSPS) is 9.31. The predicted octanol–water partition coefficient (Wildman–Crippen LogP) is 2.68. The van der Waals surface area contributed by atoms with E-state index in [1.165, 1.54) is 0 Å². The van der Waals surface area contributed by atoms with Crippen LogP contribution >= 0.6 is 0 Å². The molecule has 0 aromatic heterocycles. The highest BCUT2D eigenvalue weighted by molar-refractivity contribution is 5.78. The summed E-state index contributed by atoms with van der Waals surface area (Å²) in [6, 6.07) is 5.50. The van der Waals surface area contributed by atoms with Gasteiger partial charge in [-0.25, -0.2) is 4.85 Å². The molecule has 0 radical (unpaired) electrons. The molecule has 0 saturated carbocycles. The third-order valence-electron chi connectivity index (χ3n) is 1.83. The van der Waals surface area contributed by atoms with Crippen LogP contribution in [0.3, 0.4) is 0 Å². The Hall–Kier alpha value is -1.62. The van der Waals surface area contributed by atoms with Crippen LogP contribution in [-0.2, 0) is 11.2 Å². The second kappa shape index (κ2) is 3.86. The van der Waals surface area contributed by atoms with Crippen molar-refractivity contribution in [3.8, 4) is 0 Å². The molecule has 0 spiro atoms. The van der Waals surface area contributed by atoms with E-state index in [9.17, 15) is 4.79 Å². The lowest BCUT2D eigenvalue weighted by Crippen LogP contribution is -1.95. The summed E-state index contributed by atoms with van der Waals surface area (Å²) in [6.07, 6.45) is 0.457. The maximum atomic E-state index is 10.8. The summed E-state index contributed by atoms with van der Waals surface area (Å²) in [7, 11) is 0. The number of hydrogen-bond acceptors (Lipinski definition) is 1. The topological polar surface area (TPSA) is 21.4 Å². The Kier molecular flexibility index (Phi) is 2.81. The van der Waals surface area contributed by atoms with E-state index in [1.54, 1.807) is 13.0 Å². The molecule has 0 atom stereocenters. The van der Waals surface area contributed by atoms with E-state index in [0.717, 1.165) is 11.1 Å². The molecular weight excluding hydrogens is 162 g/mol. The number of carbonyl (C=O) groups excluding carboxylic acids is 1. The van der Waals surface area contributed by atoms with Crippen LogP contribution in [0.1, 0.15) is 18.1 Å².